The van der Waals surface area contributed by atoms with Crippen LogP contribution in [-0.4, -0.2) is 36.4 Å². The van der Waals surface area contributed by atoms with Crippen molar-refractivity contribution in [2.45, 2.75) is 315 Å². The first kappa shape index (κ1) is 67.3. The van der Waals surface area contributed by atoms with E-state index < -0.39 is 6.10 Å². The number of rotatable bonds is 56. The minimum absolute atomic E-state index is 0.0662. The summed E-state index contributed by atoms with van der Waals surface area (Å²) in [6.07, 6.45) is 83.3. The fourth-order valence-corrected chi connectivity index (χ4v) is 8.93. The second-order valence-corrected chi connectivity index (χ2v) is 20.4. The lowest BCUT2D eigenvalue weighted by Crippen LogP contribution is -2.28. The molecule has 0 radical (unpaired) electrons. The van der Waals surface area contributed by atoms with Gasteiger partial charge in [0.25, 0.3) is 0 Å². The van der Waals surface area contributed by atoms with Gasteiger partial charge in [-0.1, -0.05) is 286 Å². The number of carbonyl (C=O) groups excluding carboxylic acids is 2. The zero-order valence-corrected chi connectivity index (χ0v) is 46.5. The van der Waals surface area contributed by atoms with Gasteiger partial charge in [-0.25, -0.2) is 0 Å². The van der Waals surface area contributed by atoms with Gasteiger partial charge in [-0.15, -0.1) is 0 Å². The Kier molecular flexibility index (Phi) is 58.3. The predicted octanol–water partition coefficient (Wildman–Crippen LogP) is 20.8. The van der Waals surface area contributed by atoms with Crippen molar-refractivity contribution >= 4 is 11.9 Å². The molecule has 0 saturated carbocycles. The van der Waals surface area contributed by atoms with E-state index in [-0.39, 0.29) is 25.2 Å². The largest absolute Gasteiger partial charge is 0.462 e. The topological polar surface area (TPSA) is 72.8 Å². The van der Waals surface area contributed by atoms with Crippen molar-refractivity contribution in [3.05, 3.63) is 72.9 Å². The number of ether oxygens (including phenoxy) is 2. The summed E-state index contributed by atoms with van der Waals surface area (Å²) >= 11 is 0. The maximum Gasteiger partial charge on any atom is 0.306 e. The van der Waals surface area contributed by atoms with Crippen LogP contribution in [0.3, 0.4) is 0 Å². The van der Waals surface area contributed by atoms with E-state index in [1.54, 1.807) is 0 Å². The predicted molar refractivity (Wildman–Crippen MR) is 306 cm³/mol. The van der Waals surface area contributed by atoms with Gasteiger partial charge >= 0.3 is 11.9 Å². The van der Waals surface area contributed by atoms with E-state index in [1.807, 2.05) is 0 Å². The molecule has 0 aromatic carbocycles. The van der Waals surface area contributed by atoms with Crippen LogP contribution in [0.25, 0.3) is 0 Å². The highest BCUT2D eigenvalue weighted by atomic mass is 16.6. The first-order valence-corrected chi connectivity index (χ1v) is 30.5. The van der Waals surface area contributed by atoms with E-state index in [2.05, 4.69) is 86.8 Å². The van der Waals surface area contributed by atoms with Gasteiger partial charge in [-0.2, -0.15) is 0 Å². The molecule has 1 unspecified atom stereocenters. The van der Waals surface area contributed by atoms with Gasteiger partial charge in [0, 0.05) is 12.8 Å². The summed E-state index contributed by atoms with van der Waals surface area (Å²) in [5.74, 6) is -0.582. The Hall–Kier alpha value is -2.66. The Morgan fingerprint density at radius 3 is 0.929 bits per heavy atom. The average molecular weight is 978 g/mol. The average Bonchev–Trinajstić information content (AvgIpc) is 3.36. The van der Waals surface area contributed by atoms with Crippen LogP contribution in [0.2, 0.25) is 0 Å². The number of hydrogen-bond donors (Lipinski definition) is 1. The van der Waals surface area contributed by atoms with Gasteiger partial charge in [0.2, 0.25) is 0 Å². The van der Waals surface area contributed by atoms with E-state index in [4.69, 9.17) is 9.47 Å². The van der Waals surface area contributed by atoms with Crippen LogP contribution in [0.1, 0.15) is 309 Å². The minimum Gasteiger partial charge on any atom is -0.462 e. The van der Waals surface area contributed by atoms with E-state index >= 15 is 0 Å². The van der Waals surface area contributed by atoms with Crippen molar-refractivity contribution in [1.82, 2.24) is 0 Å². The number of hydrogen-bond acceptors (Lipinski definition) is 5. The summed E-state index contributed by atoms with van der Waals surface area (Å²) in [5, 5.41) is 9.67. The lowest BCUT2D eigenvalue weighted by molar-refractivity contribution is -0.161. The molecule has 0 rings (SSSR count). The van der Waals surface area contributed by atoms with Crippen molar-refractivity contribution < 1.29 is 24.2 Å². The number of allylic oxidation sites excluding steroid dienone is 12. The highest BCUT2D eigenvalue weighted by molar-refractivity contribution is 5.70. The normalized spacial score (nSPS) is 12.7. The number of esters is 2. The molecule has 0 saturated heterocycles. The third kappa shape index (κ3) is 57.9. The fourth-order valence-electron chi connectivity index (χ4n) is 8.93. The van der Waals surface area contributed by atoms with Crippen LogP contribution in [0.5, 0.6) is 0 Å². The zero-order valence-electron chi connectivity index (χ0n) is 46.5. The van der Waals surface area contributed by atoms with Crippen molar-refractivity contribution in [3.63, 3.8) is 0 Å². The maximum atomic E-state index is 12.3. The van der Waals surface area contributed by atoms with Gasteiger partial charge in [-0.3, -0.25) is 9.59 Å². The summed E-state index contributed by atoms with van der Waals surface area (Å²) in [4.78, 5) is 24.6. The Morgan fingerprint density at radius 2 is 0.614 bits per heavy atom. The van der Waals surface area contributed by atoms with Crippen LogP contribution in [-0.2, 0) is 19.1 Å². The Bertz CT molecular complexity index is 1240. The summed E-state index contributed by atoms with van der Waals surface area (Å²) in [6, 6.07) is 0. The summed E-state index contributed by atoms with van der Waals surface area (Å²) < 4.78 is 10.7. The van der Waals surface area contributed by atoms with Crippen molar-refractivity contribution in [1.29, 1.82) is 0 Å². The van der Waals surface area contributed by atoms with Crippen molar-refractivity contribution in [2.24, 2.45) is 0 Å². The molecule has 0 bridgehead atoms. The molecule has 1 N–H and O–H groups in total. The SMILES string of the molecule is CC/C=C\C/C=C\C/C=C\C/C=C\CCCCCCCCCCCCCCCCCCCCCCCCC(=O)OC(CO)COC(=O)CCCCCCCCCCC/C=C\C/C=C\CCCCCCC. The maximum absolute atomic E-state index is 12.3. The number of carbonyl (C=O) groups is 2. The molecule has 0 heterocycles. The van der Waals surface area contributed by atoms with E-state index in [1.165, 1.54) is 212 Å². The quantitative estimate of drug-likeness (QED) is 0.0373. The van der Waals surface area contributed by atoms with Crippen LogP contribution in [0.4, 0.5) is 0 Å². The molecule has 0 aliphatic rings. The number of unbranched alkanes of at least 4 members (excludes halogenated alkanes) is 36. The second kappa shape index (κ2) is 60.6. The third-order valence-corrected chi connectivity index (χ3v) is 13.5. The van der Waals surface area contributed by atoms with Gasteiger partial charge in [0.15, 0.2) is 6.10 Å². The molecule has 406 valence electrons. The Balaban J connectivity index is 3.43. The van der Waals surface area contributed by atoms with Crippen LogP contribution in [0.15, 0.2) is 72.9 Å². The van der Waals surface area contributed by atoms with Gasteiger partial charge < -0.3 is 14.6 Å². The molecule has 0 fully saturated rings. The molecule has 70 heavy (non-hydrogen) atoms. The van der Waals surface area contributed by atoms with Gasteiger partial charge in [0.1, 0.15) is 6.61 Å². The van der Waals surface area contributed by atoms with Gasteiger partial charge in [0.05, 0.1) is 6.61 Å². The molecular formula is C65H116O5. The monoisotopic (exact) mass is 977 g/mol. The van der Waals surface area contributed by atoms with Crippen molar-refractivity contribution in [2.75, 3.05) is 13.2 Å². The number of aliphatic hydroxyl groups is 1. The smallest absolute Gasteiger partial charge is 0.306 e. The molecule has 0 spiro atoms. The molecule has 0 amide bonds. The second-order valence-electron chi connectivity index (χ2n) is 20.4. The first-order chi connectivity index (χ1) is 34.6. The first-order valence-electron chi connectivity index (χ1n) is 30.5. The van der Waals surface area contributed by atoms with Crippen LogP contribution < -0.4 is 0 Å². The Morgan fingerprint density at radius 1 is 0.343 bits per heavy atom. The summed E-state index contributed by atoms with van der Waals surface area (Å²) in [7, 11) is 0. The molecule has 0 aromatic heterocycles. The van der Waals surface area contributed by atoms with Crippen LogP contribution in [0, 0.1) is 0 Å². The lowest BCUT2D eigenvalue weighted by Gasteiger charge is -2.15. The molecule has 0 aromatic rings. The van der Waals surface area contributed by atoms with E-state index in [0.717, 1.165) is 70.6 Å². The minimum atomic E-state index is -0.775. The lowest BCUT2D eigenvalue weighted by atomic mass is 10.0. The standard InChI is InChI=1S/C65H116O5/c1-3-5-7-9-11-13-15-17-19-21-23-25-26-27-28-29-30-31-32-33-34-35-36-37-38-40-42-44-46-48-50-52-54-56-58-60-65(68)70-63(61-66)62-69-64(67)59-57-55-53-51-49-47-45-43-41-39-24-22-20-18-16-14-12-10-8-6-4-2/h5,7,11,13,16-19,22-25,63,66H,3-4,6,8-10,12,14-15,20-21,26-62H2,1-2H3/b7-5-,13-11-,18-16-,19-17-,24-22-,25-23-. The Labute approximate surface area is 435 Å². The van der Waals surface area contributed by atoms with Gasteiger partial charge in [-0.05, 0) is 83.5 Å². The molecule has 5 heteroatoms. The molecule has 0 aliphatic carbocycles. The molecular weight excluding hydrogens is 861 g/mol. The highest BCUT2D eigenvalue weighted by Gasteiger charge is 2.16. The zero-order chi connectivity index (χ0) is 50.6. The van der Waals surface area contributed by atoms with E-state index in [0.29, 0.717) is 12.8 Å². The highest BCUT2D eigenvalue weighted by Crippen LogP contribution is 2.17. The third-order valence-electron chi connectivity index (χ3n) is 13.5. The molecule has 5 nitrogen and oxygen atoms in total. The van der Waals surface area contributed by atoms with Crippen LogP contribution >= 0.6 is 0 Å². The summed E-state index contributed by atoms with van der Waals surface area (Å²) in [5.41, 5.74) is 0. The molecule has 1 atom stereocenters. The fraction of sp³-hybridized carbons (Fsp3) is 0.785. The number of aliphatic hydroxyl groups excluding tert-OH is 1. The van der Waals surface area contributed by atoms with Crippen molar-refractivity contribution in [3.8, 4) is 0 Å². The van der Waals surface area contributed by atoms with E-state index in [9.17, 15) is 14.7 Å². The molecule has 0 aliphatic heterocycles. The summed E-state index contributed by atoms with van der Waals surface area (Å²) in [6.45, 7) is 4.05.